The maximum Gasteiger partial charge on any atom is 0.207 e. The summed E-state index contributed by atoms with van der Waals surface area (Å²) in [6.07, 6.45) is 0.736. The highest BCUT2D eigenvalue weighted by Gasteiger charge is 2.29. The molecule has 4 rings (SSSR count). The average Bonchev–Trinajstić information content (AvgIpc) is 3.11. The van der Waals surface area contributed by atoms with Crippen molar-refractivity contribution in [3.8, 4) is 0 Å². The van der Waals surface area contributed by atoms with Crippen molar-refractivity contribution in [1.82, 2.24) is 4.98 Å². The normalized spacial score (nSPS) is 18.2. The summed E-state index contributed by atoms with van der Waals surface area (Å²) in [6, 6.07) is 18.6. The number of hydrogen-bond donors (Lipinski definition) is 1. The van der Waals surface area contributed by atoms with Crippen LogP contribution in [0.25, 0.3) is 10.2 Å². The first kappa shape index (κ1) is 12.3. The first-order chi connectivity index (χ1) is 10.3. The van der Waals surface area contributed by atoms with Crippen LogP contribution in [0.1, 0.15) is 18.0 Å². The number of nitrogens with zero attached hydrogens (tertiary/aromatic N) is 3. The van der Waals surface area contributed by atoms with Gasteiger partial charge in [-0.15, -0.1) is 0 Å². The second-order valence-corrected chi connectivity index (χ2v) is 6.04. The molecule has 1 aliphatic rings. The van der Waals surface area contributed by atoms with Crippen LogP contribution in [0.3, 0.4) is 0 Å². The fourth-order valence-corrected chi connectivity index (χ4v) is 3.57. The largest absolute Gasteiger partial charge is 0.386 e. The van der Waals surface area contributed by atoms with Crippen molar-refractivity contribution in [2.24, 2.45) is 10.8 Å². The predicted molar refractivity (Wildman–Crippen MR) is 87.5 cm³/mol. The lowest BCUT2D eigenvalue weighted by Crippen LogP contribution is -2.18. The summed E-state index contributed by atoms with van der Waals surface area (Å²) >= 11 is 1.65. The highest BCUT2D eigenvalue weighted by molar-refractivity contribution is 7.22. The molecule has 5 heteroatoms. The second kappa shape index (κ2) is 4.86. The van der Waals surface area contributed by atoms with Gasteiger partial charge in [-0.3, -0.25) is 0 Å². The third-order valence-electron chi connectivity index (χ3n) is 3.60. The Morgan fingerprint density at radius 1 is 1.05 bits per heavy atom. The maximum atomic E-state index is 5.97. The van der Waals surface area contributed by atoms with Gasteiger partial charge in [0.15, 0.2) is 0 Å². The molecule has 1 aromatic heterocycles. The number of anilines is 1. The van der Waals surface area contributed by atoms with E-state index in [-0.39, 0.29) is 6.04 Å². The van der Waals surface area contributed by atoms with Crippen LogP contribution in [0.2, 0.25) is 0 Å². The van der Waals surface area contributed by atoms with E-state index >= 15 is 0 Å². The summed E-state index contributed by atoms with van der Waals surface area (Å²) in [5, 5.41) is 7.34. The molecule has 21 heavy (non-hydrogen) atoms. The molecule has 0 radical (unpaired) electrons. The first-order valence-electron chi connectivity index (χ1n) is 6.84. The van der Waals surface area contributed by atoms with E-state index < -0.39 is 0 Å². The Balaban J connectivity index is 1.77. The van der Waals surface area contributed by atoms with Gasteiger partial charge in [-0.1, -0.05) is 53.8 Å². The number of nitrogens with two attached hydrogens (primary N) is 1. The van der Waals surface area contributed by atoms with Crippen LogP contribution in [0.5, 0.6) is 0 Å². The van der Waals surface area contributed by atoms with Crippen LogP contribution >= 0.6 is 11.3 Å². The van der Waals surface area contributed by atoms with Crippen molar-refractivity contribution in [3.63, 3.8) is 0 Å². The molecule has 0 bridgehead atoms. The van der Waals surface area contributed by atoms with Crippen LogP contribution in [0.4, 0.5) is 5.13 Å². The number of thiazole rings is 1. The zero-order chi connectivity index (χ0) is 14.2. The molecule has 1 aliphatic heterocycles. The molecule has 0 amide bonds. The van der Waals surface area contributed by atoms with Gasteiger partial charge in [0, 0.05) is 6.42 Å². The zero-order valence-corrected chi connectivity index (χ0v) is 12.1. The lowest BCUT2D eigenvalue weighted by molar-refractivity contribution is 0.707. The monoisotopic (exact) mass is 294 g/mol. The molecule has 2 N–H and O–H groups in total. The molecule has 0 spiro atoms. The van der Waals surface area contributed by atoms with Crippen LogP contribution in [0.15, 0.2) is 59.7 Å². The molecule has 1 unspecified atom stereocenters. The van der Waals surface area contributed by atoms with E-state index in [9.17, 15) is 0 Å². The topological polar surface area (TPSA) is 54.5 Å². The summed E-state index contributed by atoms with van der Waals surface area (Å²) in [5.74, 6) is 0.656. The Labute approximate surface area is 126 Å². The van der Waals surface area contributed by atoms with Gasteiger partial charge in [-0.25, -0.2) is 9.99 Å². The fraction of sp³-hybridized carbons (Fsp3) is 0.125. The highest BCUT2D eigenvalue weighted by Crippen LogP contribution is 2.38. The molecule has 0 saturated carbocycles. The van der Waals surface area contributed by atoms with Crippen molar-refractivity contribution in [3.05, 3.63) is 60.2 Å². The predicted octanol–water partition coefficient (Wildman–Crippen LogP) is 3.52. The van der Waals surface area contributed by atoms with Gasteiger partial charge in [-0.05, 0) is 17.7 Å². The third-order valence-corrected chi connectivity index (χ3v) is 4.62. The Morgan fingerprint density at radius 3 is 2.62 bits per heavy atom. The van der Waals surface area contributed by atoms with Crippen LogP contribution < -0.4 is 10.7 Å². The van der Waals surface area contributed by atoms with E-state index in [1.807, 2.05) is 41.4 Å². The Kier molecular flexibility index (Phi) is 2.86. The Bertz CT molecular complexity index is 776. The molecule has 4 nitrogen and oxygen atoms in total. The van der Waals surface area contributed by atoms with Crippen molar-refractivity contribution >= 4 is 32.5 Å². The summed E-state index contributed by atoms with van der Waals surface area (Å²) in [4.78, 5) is 4.69. The second-order valence-electron chi connectivity index (χ2n) is 5.03. The smallest absolute Gasteiger partial charge is 0.207 e. The quantitative estimate of drug-likeness (QED) is 0.786. The van der Waals surface area contributed by atoms with Crippen molar-refractivity contribution < 1.29 is 0 Å². The summed E-state index contributed by atoms with van der Waals surface area (Å²) < 4.78 is 1.17. The molecule has 3 aromatic rings. The van der Waals surface area contributed by atoms with E-state index in [0.29, 0.717) is 5.84 Å². The van der Waals surface area contributed by atoms with E-state index in [1.165, 1.54) is 10.3 Å². The SMILES string of the molecule is NC1=NN(c2nc3ccccc3s2)C(c2ccccc2)C1. The molecule has 0 saturated heterocycles. The Hall–Kier alpha value is -2.40. The zero-order valence-electron chi connectivity index (χ0n) is 11.3. The molecule has 1 atom stereocenters. The molecule has 0 aliphatic carbocycles. The van der Waals surface area contributed by atoms with E-state index in [2.05, 4.69) is 28.3 Å². The fourth-order valence-electron chi connectivity index (χ4n) is 2.60. The standard InChI is InChI=1S/C16H14N4S/c17-15-10-13(11-6-2-1-3-7-11)20(19-15)16-18-12-8-4-5-9-14(12)21-16/h1-9,13H,10H2,(H2,17,19). The van der Waals surface area contributed by atoms with Gasteiger partial charge in [0.25, 0.3) is 0 Å². The number of aromatic nitrogens is 1. The number of amidine groups is 1. The first-order valence-corrected chi connectivity index (χ1v) is 7.65. The van der Waals surface area contributed by atoms with Crippen LogP contribution in [-0.4, -0.2) is 10.8 Å². The highest BCUT2D eigenvalue weighted by atomic mass is 32.1. The number of benzene rings is 2. The minimum absolute atomic E-state index is 0.131. The maximum absolute atomic E-state index is 5.97. The number of rotatable bonds is 2. The van der Waals surface area contributed by atoms with Crippen LogP contribution in [0, 0.1) is 0 Å². The summed E-state index contributed by atoms with van der Waals surface area (Å²) in [7, 11) is 0. The van der Waals surface area contributed by atoms with Gasteiger partial charge in [0.1, 0.15) is 5.84 Å². The number of hydrazone groups is 1. The average molecular weight is 294 g/mol. The Morgan fingerprint density at radius 2 is 1.81 bits per heavy atom. The van der Waals surface area contributed by atoms with Crippen molar-refractivity contribution in [1.29, 1.82) is 0 Å². The minimum Gasteiger partial charge on any atom is -0.386 e. The lowest BCUT2D eigenvalue weighted by Gasteiger charge is -2.20. The third kappa shape index (κ3) is 2.15. The van der Waals surface area contributed by atoms with E-state index in [4.69, 9.17) is 5.73 Å². The van der Waals surface area contributed by atoms with E-state index in [0.717, 1.165) is 17.1 Å². The van der Waals surface area contributed by atoms with Gasteiger partial charge in [0.05, 0.1) is 16.3 Å². The molecule has 2 heterocycles. The summed E-state index contributed by atoms with van der Waals surface area (Å²) in [5.41, 5.74) is 8.18. The number of para-hydroxylation sites is 1. The van der Waals surface area contributed by atoms with Gasteiger partial charge in [-0.2, -0.15) is 5.10 Å². The lowest BCUT2D eigenvalue weighted by atomic mass is 10.0. The molecular weight excluding hydrogens is 280 g/mol. The van der Waals surface area contributed by atoms with Crippen molar-refractivity contribution in [2.45, 2.75) is 12.5 Å². The molecular formula is C16H14N4S. The van der Waals surface area contributed by atoms with Gasteiger partial charge in [0.2, 0.25) is 5.13 Å². The number of fused-ring (bicyclic) bond motifs is 1. The molecule has 104 valence electrons. The van der Waals surface area contributed by atoms with Crippen molar-refractivity contribution in [2.75, 3.05) is 5.01 Å². The molecule has 2 aromatic carbocycles. The summed E-state index contributed by atoms with van der Waals surface area (Å²) in [6.45, 7) is 0. The minimum atomic E-state index is 0.131. The molecule has 0 fully saturated rings. The van der Waals surface area contributed by atoms with Gasteiger partial charge >= 0.3 is 0 Å². The van der Waals surface area contributed by atoms with Gasteiger partial charge < -0.3 is 5.73 Å². The number of hydrogen-bond acceptors (Lipinski definition) is 5. The van der Waals surface area contributed by atoms with E-state index in [1.54, 1.807) is 11.3 Å². The van der Waals surface area contributed by atoms with Crippen LogP contribution in [-0.2, 0) is 0 Å².